The number of hydrogen-bond acceptors (Lipinski definition) is 4. The third-order valence-corrected chi connectivity index (χ3v) is 7.11. The highest BCUT2D eigenvalue weighted by molar-refractivity contribution is 6.31. The van der Waals surface area contributed by atoms with Crippen molar-refractivity contribution in [3.63, 3.8) is 0 Å². The van der Waals surface area contributed by atoms with E-state index in [1.54, 1.807) is 23.1 Å². The molecule has 2 atom stereocenters. The maximum atomic E-state index is 13.1. The van der Waals surface area contributed by atoms with Gasteiger partial charge in [0.2, 0.25) is 5.91 Å². The van der Waals surface area contributed by atoms with Crippen LogP contribution in [0.3, 0.4) is 0 Å². The Morgan fingerprint density at radius 2 is 1.86 bits per heavy atom. The molecule has 1 saturated heterocycles. The van der Waals surface area contributed by atoms with E-state index in [1.165, 1.54) is 7.05 Å². The smallest absolute Gasteiger partial charge is 0.319 e. The SMILES string of the molecule is Cc1ccc(NC(=O)NC(c2ccc3c(c2)CN(C2CCC(=O)N(C)C2=O)C3=O)C(C)C)cc1Cl. The molecular formula is C26H29ClN4O4. The van der Waals surface area contributed by atoms with Crippen LogP contribution < -0.4 is 10.6 Å². The van der Waals surface area contributed by atoms with E-state index in [4.69, 9.17) is 11.6 Å². The lowest BCUT2D eigenvalue weighted by Gasteiger charge is -2.33. The number of rotatable bonds is 5. The molecule has 1 fully saturated rings. The lowest BCUT2D eigenvalue weighted by Crippen LogP contribution is -2.53. The quantitative estimate of drug-likeness (QED) is 0.604. The summed E-state index contributed by atoms with van der Waals surface area (Å²) in [6, 6.07) is 9.54. The number of imide groups is 1. The summed E-state index contributed by atoms with van der Waals surface area (Å²) in [6.07, 6.45) is 0.562. The number of nitrogens with zero attached hydrogens (tertiary/aromatic N) is 2. The molecule has 35 heavy (non-hydrogen) atoms. The molecule has 5 amide bonds. The van der Waals surface area contributed by atoms with Crippen molar-refractivity contribution in [2.45, 2.75) is 52.2 Å². The second kappa shape index (κ2) is 9.70. The van der Waals surface area contributed by atoms with Gasteiger partial charge in [0.1, 0.15) is 6.04 Å². The number of likely N-dealkylation sites (N-methyl/N-ethyl adjacent to an activating group) is 1. The van der Waals surface area contributed by atoms with Crippen molar-refractivity contribution in [2.24, 2.45) is 5.92 Å². The molecule has 2 N–H and O–H groups in total. The summed E-state index contributed by atoms with van der Waals surface area (Å²) in [4.78, 5) is 52.9. The van der Waals surface area contributed by atoms with Gasteiger partial charge in [-0.1, -0.05) is 43.6 Å². The van der Waals surface area contributed by atoms with Gasteiger partial charge in [-0.25, -0.2) is 4.79 Å². The van der Waals surface area contributed by atoms with Crippen LogP contribution in [0.5, 0.6) is 0 Å². The molecule has 9 heteroatoms. The molecule has 0 aliphatic carbocycles. The maximum absolute atomic E-state index is 13.1. The molecule has 2 heterocycles. The zero-order valence-corrected chi connectivity index (χ0v) is 21.0. The number of halogens is 1. The number of amides is 5. The summed E-state index contributed by atoms with van der Waals surface area (Å²) in [5.74, 6) is -0.712. The number of urea groups is 1. The van der Waals surface area contributed by atoms with Gasteiger partial charge in [0.05, 0.1) is 6.04 Å². The Bertz CT molecular complexity index is 1210. The standard InChI is InChI=1S/C26H29ClN4O4/c1-14(2)23(29-26(35)28-18-7-5-15(3)20(27)12-18)16-6-8-19-17(11-16)13-31(24(19)33)21-9-10-22(32)30(4)25(21)34/h5-8,11-12,14,21,23H,9-10,13H2,1-4H3,(H2,28,29,35). The number of hydrogen-bond donors (Lipinski definition) is 2. The van der Waals surface area contributed by atoms with E-state index in [9.17, 15) is 19.2 Å². The van der Waals surface area contributed by atoms with Crippen LogP contribution in [-0.4, -0.2) is 46.6 Å². The zero-order chi connectivity index (χ0) is 25.4. The molecular weight excluding hydrogens is 468 g/mol. The van der Waals surface area contributed by atoms with Crippen LogP contribution in [0.25, 0.3) is 0 Å². The molecule has 2 aromatic rings. The number of anilines is 1. The van der Waals surface area contributed by atoms with Crippen molar-refractivity contribution in [2.75, 3.05) is 12.4 Å². The van der Waals surface area contributed by atoms with Gasteiger partial charge < -0.3 is 15.5 Å². The molecule has 2 unspecified atom stereocenters. The Morgan fingerprint density at radius 1 is 1.11 bits per heavy atom. The largest absolute Gasteiger partial charge is 0.331 e. The number of carbonyl (C=O) groups excluding carboxylic acids is 4. The number of aryl methyl sites for hydroxylation is 1. The number of likely N-dealkylation sites (tertiary alicyclic amines) is 1. The molecule has 184 valence electrons. The van der Waals surface area contributed by atoms with Crippen LogP contribution in [0.2, 0.25) is 5.02 Å². The van der Waals surface area contributed by atoms with Gasteiger partial charge in [-0.05, 0) is 54.2 Å². The minimum atomic E-state index is -0.646. The van der Waals surface area contributed by atoms with Crippen molar-refractivity contribution in [1.29, 1.82) is 0 Å². The topological polar surface area (TPSA) is 98.8 Å². The zero-order valence-electron chi connectivity index (χ0n) is 20.2. The molecule has 0 saturated carbocycles. The van der Waals surface area contributed by atoms with E-state index >= 15 is 0 Å². The maximum Gasteiger partial charge on any atom is 0.319 e. The summed E-state index contributed by atoms with van der Waals surface area (Å²) < 4.78 is 0. The van der Waals surface area contributed by atoms with E-state index in [0.717, 1.165) is 21.6 Å². The third kappa shape index (κ3) is 4.89. The van der Waals surface area contributed by atoms with Gasteiger partial charge in [-0.15, -0.1) is 0 Å². The number of fused-ring (bicyclic) bond motifs is 1. The van der Waals surface area contributed by atoms with Gasteiger partial charge in [0, 0.05) is 36.3 Å². The van der Waals surface area contributed by atoms with Gasteiger partial charge in [-0.3, -0.25) is 19.3 Å². The van der Waals surface area contributed by atoms with Crippen LogP contribution in [0.4, 0.5) is 10.5 Å². The summed E-state index contributed by atoms with van der Waals surface area (Å²) in [6.45, 7) is 6.19. The minimum absolute atomic E-state index is 0.0770. The average molecular weight is 497 g/mol. The predicted molar refractivity (Wildman–Crippen MR) is 133 cm³/mol. The van der Waals surface area contributed by atoms with E-state index in [0.29, 0.717) is 29.2 Å². The first-order chi connectivity index (χ1) is 16.6. The fraction of sp³-hybridized carbons (Fsp3) is 0.385. The Morgan fingerprint density at radius 3 is 2.54 bits per heavy atom. The summed E-state index contributed by atoms with van der Waals surface area (Å²) >= 11 is 6.16. The molecule has 8 nitrogen and oxygen atoms in total. The number of benzene rings is 2. The van der Waals surface area contributed by atoms with Crippen LogP contribution in [0.1, 0.15) is 59.8 Å². The molecule has 4 rings (SSSR count). The number of piperidine rings is 1. The first kappa shape index (κ1) is 24.7. The highest BCUT2D eigenvalue weighted by Crippen LogP contribution is 2.32. The highest BCUT2D eigenvalue weighted by atomic mass is 35.5. The second-order valence-electron chi connectivity index (χ2n) is 9.48. The number of carbonyl (C=O) groups is 4. The lowest BCUT2D eigenvalue weighted by atomic mass is 9.93. The van der Waals surface area contributed by atoms with Crippen LogP contribution in [0.15, 0.2) is 36.4 Å². The van der Waals surface area contributed by atoms with E-state index in [1.807, 2.05) is 39.0 Å². The molecule has 0 radical (unpaired) electrons. The van der Waals surface area contributed by atoms with E-state index in [-0.39, 0.29) is 42.1 Å². The third-order valence-electron chi connectivity index (χ3n) is 6.70. The Kier molecular flexibility index (Phi) is 6.85. The molecule has 2 aromatic carbocycles. The minimum Gasteiger partial charge on any atom is -0.331 e. The first-order valence-electron chi connectivity index (χ1n) is 11.6. The van der Waals surface area contributed by atoms with Crippen molar-refractivity contribution >= 4 is 41.0 Å². The Hall–Kier alpha value is -3.39. The predicted octanol–water partition coefficient (Wildman–Crippen LogP) is 4.27. The van der Waals surface area contributed by atoms with Gasteiger partial charge >= 0.3 is 6.03 Å². The molecule has 2 aliphatic rings. The van der Waals surface area contributed by atoms with Crippen LogP contribution >= 0.6 is 11.6 Å². The molecule has 0 spiro atoms. The molecule has 2 aliphatic heterocycles. The van der Waals surface area contributed by atoms with Crippen molar-refractivity contribution in [3.8, 4) is 0 Å². The molecule has 0 aromatic heterocycles. The Balaban J connectivity index is 1.50. The fourth-order valence-corrected chi connectivity index (χ4v) is 4.79. The first-order valence-corrected chi connectivity index (χ1v) is 12.0. The van der Waals surface area contributed by atoms with Gasteiger partial charge in [0.25, 0.3) is 11.8 Å². The van der Waals surface area contributed by atoms with E-state index < -0.39 is 6.04 Å². The van der Waals surface area contributed by atoms with Crippen molar-refractivity contribution < 1.29 is 19.2 Å². The van der Waals surface area contributed by atoms with Crippen LogP contribution in [-0.2, 0) is 16.1 Å². The van der Waals surface area contributed by atoms with E-state index in [2.05, 4.69) is 10.6 Å². The normalized spacial score (nSPS) is 18.7. The average Bonchev–Trinajstić information content (AvgIpc) is 3.13. The monoisotopic (exact) mass is 496 g/mol. The number of nitrogens with one attached hydrogen (secondary N) is 2. The highest BCUT2D eigenvalue weighted by Gasteiger charge is 2.41. The summed E-state index contributed by atoms with van der Waals surface area (Å²) in [5, 5.41) is 6.41. The lowest BCUT2D eigenvalue weighted by molar-refractivity contribution is -0.150. The molecule has 0 bridgehead atoms. The Labute approximate surface area is 209 Å². The van der Waals surface area contributed by atoms with Crippen molar-refractivity contribution in [3.05, 3.63) is 63.7 Å². The second-order valence-corrected chi connectivity index (χ2v) is 9.89. The van der Waals surface area contributed by atoms with Gasteiger partial charge in [-0.2, -0.15) is 0 Å². The summed E-state index contributed by atoms with van der Waals surface area (Å²) in [7, 11) is 1.46. The van der Waals surface area contributed by atoms with Crippen molar-refractivity contribution in [1.82, 2.24) is 15.1 Å². The fourth-order valence-electron chi connectivity index (χ4n) is 4.61. The summed E-state index contributed by atoms with van der Waals surface area (Å²) in [5.41, 5.74) is 3.73. The van der Waals surface area contributed by atoms with Gasteiger partial charge in [0.15, 0.2) is 0 Å². The van der Waals surface area contributed by atoms with Crippen LogP contribution in [0, 0.1) is 12.8 Å².